The molecule has 162 valence electrons. The van der Waals surface area contributed by atoms with Gasteiger partial charge in [-0.15, -0.1) is 0 Å². The van der Waals surface area contributed by atoms with Gasteiger partial charge in [-0.1, -0.05) is 65.0 Å². The molecular formula is C20H34O8. The lowest BCUT2D eigenvalue weighted by Crippen LogP contribution is -2.39. The molecule has 0 aliphatic rings. The van der Waals surface area contributed by atoms with Crippen LogP contribution in [0.15, 0.2) is 12.7 Å². The van der Waals surface area contributed by atoms with Gasteiger partial charge in [0.1, 0.15) is 13.0 Å². The minimum absolute atomic E-state index is 0.121. The predicted octanol–water partition coefficient (Wildman–Crippen LogP) is 3.58. The van der Waals surface area contributed by atoms with E-state index in [1.165, 1.54) is 13.2 Å². The Morgan fingerprint density at radius 1 is 0.893 bits per heavy atom. The van der Waals surface area contributed by atoms with Crippen LogP contribution < -0.4 is 0 Å². The first-order valence-corrected chi connectivity index (χ1v) is 9.51. The summed E-state index contributed by atoms with van der Waals surface area (Å²) in [7, 11) is 1.21. The quantitative estimate of drug-likeness (QED) is 0.195. The summed E-state index contributed by atoms with van der Waals surface area (Å²) in [5, 5.41) is 18.4. The standard InChI is InChI=1S/C13H24O4.C7H10O4/c1-3-5-7-9-13(11(14)15,12(16)17)10-8-6-4-2;1-3-4-11-7(9)5-6(8)10-2/h3-10H2,1-2H3,(H,14,15)(H,16,17);3H,1,4-5H2,2H3. The normalized spacial score (nSPS) is 10.2. The Labute approximate surface area is 166 Å². The summed E-state index contributed by atoms with van der Waals surface area (Å²) >= 11 is 0. The zero-order chi connectivity index (χ0) is 22.0. The topological polar surface area (TPSA) is 127 Å². The molecule has 8 nitrogen and oxygen atoms in total. The lowest BCUT2D eigenvalue weighted by atomic mass is 9.78. The number of hydrogen-bond donors (Lipinski definition) is 2. The van der Waals surface area contributed by atoms with Crippen LogP contribution in [0.1, 0.15) is 71.6 Å². The maximum atomic E-state index is 11.3. The van der Waals surface area contributed by atoms with Crippen LogP contribution in [0.5, 0.6) is 0 Å². The highest BCUT2D eigenvalue weighted by Gasteiger charge is 2.45. The van der Waals surface area contributed by atoms with E-state index in [0.717, 1.165) is 25.7 Å². The highest BCUT2D eigenvalue weighted by molar-refractivity contribution is 5.98. The minimum Gasteiger partial charge on any atom is -0.480 e. The molecule has 28 heavy (non-hydrogen) atoms. The van der Waals surface area contributed by atoms with Crippen LogP contribution in [-0.4, -0.2) is 47.8 Å². The monoisotopic (exact) mass is 402 g/mol. The third-order valence-corrected chi connectivity index (χ3v) is 4.11. The predicted molar refractivity (Wildman–Crippen MR) is 104 cm³/mol. The number of carboxylic acid groups (broad SMARTS) is 2. The average molecular weight is 402 g/mol. The maximum Gasteiger partial charge on any atom is 0.321 e. The molecule has 0 atom stereocenters. The van der Waals surface area contributed by atoms with Crippen LogP contribution in [0.25, 0.3) is 0 Å². The third-order valence-electron chi connectivity index (χ3n) is 4.11. The van der Waals surface area contributed by atoms with Gasteiger partial charge in [-0.05, 0) is 12.8 Å². The molecule has 0 unspecified atom stereocenters. The summed E-state index contributed by atoms with van der Waals surface area (Å²) in [6.07, 6.45) is 6.60. The van der Waals surface area contributed by atoms with Gasteiger partial charge >= 0.3 is 23.9 Å². The van der Waals surface area contributed by atoms with Crippen molar-refractivity contribution >= 4 is 23.9 Å². The second-order valence-electron chi connectivity index (χ2n) is 6.33. The van der Waals surface area contributed by atoms with Gasteiger partial charge in [0, 0.05) is 0 Å². The maximum absolute atomic E-state index is 11.3. The van der Waals surface area contributed by atoms with E-state index < -0.39 is 29.3 Å². The van der Waals surface area contributed by atoms with Crippen molar-refractivity contribution in [3.8, 4) is 0 Å². The number of rotatable bonds is 14. The van der Waals surface area contributed by atoms with Crippen molar-refractivity contribution in [2.45, 2.75) is 71.6 Å². The molecule has 0 fully saturated rings. The molecule has 0 spiro atoms. The largest absolute Gasteiger partial charge is 0.480 e. The molecule has 0 aromatic rings. The van der Waals surface area contributed by atoms with E-state index in [1.54, 1.807) is 0 Å². The van der Waals surface area contributed by atoms with Crippen molar-refractivity contribution in [3.05, 3.63) is 12.7 Å². The molecule has 0 saturated carbocycles. The zero-order valence-electron chi connectivity index (χ0n) is 17.2. The second-order valence-corrected chi connectivity index (χ2v) is 6.33. The molecular weight excluding hydrogens is 368 g/mol. The smallest absolute Gasteiger partial charge is 0.321 e. The van der Waals surface area contributed by atoms with Gasteiger partial charge in [-0.25, -0.2) is 0 Å². The van der Waals surface area contributed by atoms with E-state index in [9.17, 15) is 29.4 Å². The van der Waals surface area contributed by atoms with Gasteiger partial charge in [0.25, 0.3) is 0 Å². The van der Waals surface area contributed by atoms with Crippen LogP contribution >= 0.6 is 0 Å². The van der Waals surface area contributed by atoms with Crippen molar-refractivity contribution in [2.75, 3.05) is 13.7 Å². The van der Waals surface area contributed by atoms with Crippen molar-refractivity contribution in [3.63, 3.8) is 0 Å². The number of ether oxygens (including phenoxy) is 2. The highest BCUT2D eigenvalue weighted by Crippen LogP contribution is 2.32. The van der Waals surface area contributed by atoms with E-state index in [1.807, 2.05) is 13.8 Å². The first kappa shape index (κ1) is 27.8. The molecule has 0 bridgehead atoms. The fourth-order valence-corrected chi connectivity index (χ4v) is 2.39. The van der Waals surface area contributed by atoms with Crippen molar-refractivity contribution in [1.29, 1.82) is 0 Å². The Balaban J connectivity index is 0. The summed E-state index contributed by atoms with van der Waals surface area (Å²) in [5.74, 6) is -3.56. The van der Waals surface area contributed by atoms with Crippen molar-refractivity contribution < 1.29 is 38.9 Å². The molecule has 0 radical (unpaired) electrons. The summed E-state index contributed by atoms with van der Waals surface area (Å²) in [5.41, 5.74) is -1.57. The van der Waals surface area contributed by atoms with Gasteiger partial charge in [0.15, 0.2) is 5.41 Å². The number of aliphatic carboxylic acids is 2. The van der Waals surface area contributed by atoms with Crippen LogP contribution in [0.3, 0.4) is 0 Å². The van der Waals surface area contributed by atoms with Gasteiger partial charge in [0.2, 0.25) is 0 Å². The Morgan fingerprint density at radius 3 is 1.68 bits per heavy atom. The van der Waals surface area contributed by atoms with Crippen molar-refractivity contribution in [2.24, 2.45) is 5.41 Å². The minimum atomic E-state index is -1.57. The van der Waals surface area contributed by atoms with Gasteiger partial charge in [-0.2, -0.15) is 0 Å². The number of methoxy groups -OCH3 is 1. The van der Waals surface area contributed by atoms with Crippen LogP contribution in [0.2, 0.25) is 0 Å². The first-order chi connectivity index (χ1) is 13.2. The second kappa shape index (κ2) is 16.8. The van der Waals surface area contributed by atoms with E-state index in [-0.39, 0.29) is 25.9 Å². The molecule has 0 aliphatic carbocycles. The number of carboxylic acids is 2. The molecule has 0 aromatic heterocycles. The van der Waals surface area contributed by atoms with E-state index in [4.69, 9.17) is 0 Å². The van der Waals surface area contributed by atoms with E-state index >= 15 is 0 Å². The molecule has 0 amide bonds. The summed E-state index contributed by atoms with van der Waals surface area (Å²) in [6.45, 7) is 7.49. The lowest BCUT2D eigenvalue weighted by molar-refractivity contribution is -0.166. The fraction of sp³-hybridized carbons (Fsp3) is 0.700. The Bertz CT molecular complexity index is 472. The summed E-state index contributed by atoms with van der Waals surface area (Å²) in [6, 6.07) is 0. The van der Waals surface area contributed by atoms with Gasteiger partial charge in [-0.3, -0.25) is 19.2 Å². The first-order valence-electron chi connectivity index (χ1n) is 9.51. The number of carbonyl (C=O) groups excluding carboxylic acids is 2. The molecule has 2 N–H and O–H groups in total. The third kappa shape index (κ3) is 12.1. The molecule has 0 aromatic carbocycles. The molecule has 0 rings (SSSR count). The van der Waals surface area contributed by atoms with E-state index in [2.05, 4.69) is 16.1 Å². The number of esters is 2. The van der Waals surface area contributed by atoms with Crippen LogP contribution in [-0.2, 0) is 28.7 Å². The molecule has 0 heterocycles. The number of hydrogen-bond acceptors (Lipinski definition) is 6. The number of unbranched alkanes of at least 4 members (excludes halogenated alkanes) is 4. The highest BCUT2D eigenvalue weighted by atomic mass is 16.5. The van der Waals surface area contributed by atoms with Crippen LogP contribution in [0.4, 0.5) is 0 Å². The average Bonchev–Trinajstić information content (AvgIpc) is 2.65. The molecule has 8 heteroatoms. The zero-order valence-corrected chi connectivity index (χ0v) is 17.2. The van der Waals surface area contributed by atoms with Gasteiger partial charge < -0.3 is 19.7 Å². The molecule has 0 aliphatic heterocycles. The fourth-order valence-electron chi connectivity index (χ4n) is 2.39. The SMILES string of the molecule is C=CCOC(=O)CC(=O)OC.CCCCCC(CCCCC)(C(=O)O)C(=O)O. The van der Waals surface area contributed by atoms with Crippen molar-refractivity contribution in [1.82, 2.24) is 0 Å². The van der Waals surface area contributed by atoms with Crippen LogP contribution in [0, 0.1) is 5.41 Å². The molecule has 0 saturated heterocycles. The van der Waals surface area contributed by atoms with Gasteiger partial charge in [0.05, 0.1) is 7.11 Å². The summed E-state index contributed by atoms with van der Waals surface area (Å²) < 4.78 is 8.74. The summed E-state index contributed by atoms with van der Waals surface area (Å²) in [4.78, 5) is 43.6. The van der Waals surface area contributed by atoms with E-state index in [0.29, 0.717) is 12.8 Å². The Morgan fingerprint density at radius 2 is 1.36 bits per heavy atom. The Hall–Kier alpha value is -2.38. The lowest BCUT2D eigenvalue weighted by Gasteiger charge is -2.24. The number of carbonyl (C=O) groups is 4. The Kier molecular flexibility index (Phi) is 16.7.